The van der Waals surface area contributed by atoms with Gasteiger partial charge in [-0.3, -0.25) is 14.8 Å². The summed E-state index contributed by atoms with van der Waals surface area (Å²) in [4.78, 5) is 22.7. The minimum atomic E-state index is -0.535. The van der Waals surface area contributed by atoms with E-state index in [1.165, 1.54) is 0 Å². The standard InChI is InChI=1S/C10H17N5O2/c1-4-11-10(17)13-9(16)7(2)12-8-5-6-15(3)14-8/h5-7H,4H2,1-3H3,(H,12,14)(H2,11,13,16,17). The Morgan fingerprint density at radius 1 is 1.53 bits per heavy atom. The minimum Gasteiger partial charge on any atom is -0.357 e. The van der Waals surface area contributed by atoms with E-state index in [4.69, 9.17) is 0 Å². The van der Waals surface area contributed by atoms with Gasteiger partial charge in [0.1, 0.15) is 11.9 Å². The van der Waals surface area contributed by atoms with E-state index in [2.05, 4.69) is 21.0 Å². The number of carbonyl (C=O) groups excluding carboxylic acids is 2. The highest BCUT2D eigenvalue weighted by atomic mass is 16.2. The predicted molar refractivity (Wildman–Crippen MR) is 63.5 cm³/mol. The van der Waals surface area contributed by atoms with Crippen LogP contribution in [-0.2, 0) is 11.8 Å². The second kappa shape index (κ2) is 5.88. The van der Waals surface area contributed by atoms with Gasteiger partial charge in [-0.05, 0) is 13.8 Å². The Morgan fingerprint density at radius 3 is 2.76 bits per heavy atom. The third-order valence-electron chi connectivity index (χ3n) is 2.05. The summed E-state index contributed by atoms with van der Waals surface area (Å²) < 4.78 is 1.62. The van der Waals surface area contributed by atoms with Crippen molar-refractivity contribution in [3.8, 4) is 0 Å². The monoisotopic (exact) mass is 239 g/mol. The van der Waals surface area contributed by atoms with Gasteiger partial charge in [0.25, 0.3) is 0 Å². The van der Waals surface area contributed by atoms with Gasteiger partial charge in [0.2, 0.25) is 5.91 Å². The molecule has 1 rings (SSSR count). The molecule has 1 atom stereocenters. The lowest BCUT2D eigenvalue weighted by atomic mass is 10.3. The number of urea groups is 1. The normalized spacial score (nSPS) is 11.7. The van der Waals surface area contributed by atoms with Gasteiger partial charge in [0.05, 0.1) is 0 Å². The van der Waals surface area contributed by atoms with Crippen molar-refractivity contribution in [1.29, 1.82) is 0 Å². The fraction of sp³-hybridized carbons (Fsp3) is 0.500. The van der Waals surface area contributed by atoms with Crippen LogP contribution in [0.3, 0.4) is 0 Å². The molecule has 7 heteroatoms. The number of aryl methyl sites for hydroxylation is 1. The maximum Gasteiger partial charge on any atom is 0.321 e. The summed E-state index contributed by atoms with van der Waals surface area (Å²) in [5.74, 6) is 0.188. The molecule has 17 heavy (non-hydrogen) atoms. The van der Waals surface area contributed by atoms with E-state index in [0.717, 1.165) is 0 Å². The van der Waals surface area contributed by atoms with Gasteiger partial charge in [0, 0.05) is 25.9 Å². The van der Waals surface area contributed by atoms with E-state index in [9.17, 15) is 9.59 Å². The number of imide groups is 1. The van der Waals surface area contributed by atoms with Crippen molar-refractivity contribution in [2.24, 2.45) is 7.05 Å². The minimum absolute atomic E-state index is 0.401. The fourth-order valence-corrected chi connectivity index (χ4v) is 1.20. The second-order valence-electron chi connectivity index (χ2n) is 3.59. The van der Waals surface area contributed by atoms with Gasteiger partial charge in [-0.1, -0.05) is 0 Å². The van der Waals surface area contributed by atoms with Crippen LogP contribution in [0, 0.1) is 0 Å². The lowest BCUT2D eigenvalue weighted by molar-refractivity contribution is -0.120. The Labute approximate surface area is 99.6 Å². The number of hydrogen-bond acceptors (Lipinski definition) is 4. The first-order valence-electron chi connectivity index (χ1n) is 5.37. The van der Waals surface area contributed by atoms with Crippen LogP contribution in [0.5, 0.6) is 0 Å². The number of amides is 3. The lowest BCUT2D eigenvalue weighted by Crippen LogP contribution is -2.45. The molecule has 3 amide bonds. The summed E-state index contributed by atoms with van der Waals surface area (Å²) in [6.07, 6.45) is 1.76. The first-order chi connectivity index (χ1) is 8.02. The van der Waals surface area contributed by atoms with Crippen LogP contribution in [-0.4, -0.2) is 34.3 Å². The Morgan fingerprint density at radius 2 is 2.24 bits per heavy atom. The van der Waals surface area contributed by atoms with Crippen molar-refractivity contribution in [1.82, 2.24) is 20.4 Å². The van der Waals surface area contributed by atoms with Gasteiger partial charge >= 0.3 is 6.03 Å². The number of nitrogens with one attached hydrogen (secondary N) is 3. The second-order valence-corrected chi connectivity index (χ2v) is 3.59. The summed E-state index contributed by atoms with van der Waals surface area (Å²) in [6, 6.07) is 0.718. The van der Waals surface area contributed by atoms with Crippen molar-refractivity contribution in [3.05, 3.63) is 12.3 Å². The number of carbonyl (C=O) groups is 2. The van der Waals surface area contributed by atoms with E-state index in [0.29, 0.717) is 12.4 Å². The Balaban J connectivity index is 2.44. The molecule has 1 heterocycles. The van der Waals surface area contributed by atoms with Crippen molar-refractivity contribution >= 4 is 17.8 Å². The molecule has 0 saturated heterocycles. The molecule has 0 aliphatic rings. The number of hydrogen-bond donors (Lipinski definition) is 3. The van der Waals surface area contributed by atoms with Gasteiger partial charge < -0.3 is 10.6 Å². The van der Waals surface area contributed by atoms with Gasteiger partial charge in [0.15, 0.2) is 0 Å². The average Bonchev–Trinajstić information content (AvgIpc) is 2.64. The number of anilines is 1. The zero-order valence-electron chi connectivity index (χ0n) is 10.2. The smallest absolute Gasteiger partial charge is 0.321 e. The Kier molecular flexibility index (Phi) is 4.50. The molecule has 1 aromatic heterocycles. The van der Waals surface area contributed by atoms with Crippen LogP contribution < -0.4 is 16.0 Å². The predicted octanol–water partition coefficient (Wildman–Crippen LogP) is 0.0662. The quantitative estimate of drug-likeness (QED) is 0.693. The molecule has 0 bridgehead atoms. The molecule has 3 N–H and O–H groups in total. The molecule has 94 valence electrons. The van der Waals surface area contributed by atoms with Crippen LogP contribution in [0.4, 0.5) is 10.6 Å². The van der Waals surface area contributed by atoms with Gasteiger partial charge in [-0.2, -0.15) is 5.10 Å². The van der Waals surface area contributed by atoms with E-state index >= 15 is 0 Å². The number of nitrogens with zero attached hydrogens (tertiary/aromatic N) is 2. The van der Waals surface area contributed by atoms with Crippen LogP contribution in [0.15, 0.2) is 12.3 Å². The SMILES string of the molecule is CCNC(=O)NC(=O)C(C)Nc1ccn(C)n1. The summed E-state index contributed by atoms with van der Waals surface area (Å²) in [5, 5.41) is 11.7. The van der Waals surface area contributed by atoms with E-state index < -0.39 is 18.0 Å². The first kappa shape index (κ1) is 13.0. The molecule has 0 spiro atoms. The van der Waals surface area contributed by atoms with Crippen molar-refractivity contribution in [3.63, 3.8) is 0 Å². The molecule has 0 aliphatic carbocycles. The van der Waals surface area contributed by atoms with Crippen LogP contribution >= 0.6 is 0 Å². The zero-order chi connectivity index (χ0) is 12.8. The molecule has 0 fully saturated rings. The van der Waals surface area contributed by atoms with Crippen molar-refractivity contribution < 1.29 is 9.59 Å². The third-order valence-corrected chi connectivity index (χ3v) is 2.05. The molecule has 1 aromatic rings. The topological polar surface area (TPSA) is 88.0 Å². The summed E-state index contributed by atoms with van der Waals surface area (Å²) in [5.41, 5.74) is 0. The molecule has 0 radical (unpaired) electrons. The third kappa shape index (κ3) is 4.13. The maximum absolute atomic E-state index is 11.6. The highest BCUT2D eigenvalue weighted by Gasteiger charge is 2.15. The molecule has 0 aromatic carbocycles. The maximum atomic E-state index is 11.6. The number of rotatable bonds is 4. The Bertz CT molecular complexity index is 401. The molecule has 7 nitrogen and oxygen atoms in total. The lowest BCUT2D eigenvalue weighted by Gasteiger charge is -2.12. The highest BCUT2D eigenvalue weighted by molar-refractivity contribution is 5.97. The van der Waals surface area contributed by atoms with Crippen LogP contribution in [0.1, 0.15) is 13.8 Å². The molecule has 0 aliphatic heterocycles. The van der Waals surface area contributed by atoms with Crippen LogP contribution in [0.2, 0.25) is 0 Å². The summed E-state index contributed by atoms with van der Waals surface area (Å²) >= 11 is 0. The first-order valence-corrected chi connectivity index (χ1v) is 5.37. The summed E-state index contributed by atoms with van der Waals surface area (Å²) in [6.45, 7) is 3.91. The molecule has 1 unspecified atom stereocenters. The van der Waals surface area contributed by atoms with Crippen LogP contribution in [0.25, 0.3) is 0 Å². The van der Waals surface area contributed by atoms with Gasteiger partial charge in [-0.25, -0.2) is 4.79 Å². The zero-order valence-corrected chi connectivity index (χ0v) is 10.2. The largest absolute Gasteiger partial charge is 0.357 e. The molecular formula is C10H17N5O2. The van der Waals surface area contributed by atoms with Gasteiger partial charge in [-0.15, -0.1) is 0 Å². The highest BCUT2D eigenvalue weighted by Crippen LogP contribution is 2.03. The molecular weight excluding hydrogens is 222 g/mol. The van der Waals surface area contributed by atoms with E-state index in [1.807, 2.05) is 0 Å². The molecule has 0 saturated carbocycles. The van der Waals surface area contributed by atoms with E-state index in [-0.39, 0.29) is 0 Å². The van der Waals surface area contributed by atoms with Crippen molar-refractivity contribution in [2.75, 3.05) is 11.9 Å². The van der Waals surface area contributed by atoms with E-state index in [1.54, 1.807) is 37.8 Å². The number of aromatic nitrogens is 2. The van der Waals surface area contributed by atoms with Crippen molar-refractivity contribution in [2.45, 2.75) is 19.9 Å². The Hall–Kier alpha value is -2.05. The fourth-order valence-electron chi connectivity index (χ4n) is 1.20. The average molecular weight is 239 g/mol. The summed E-state index contributed by atoms with van der Waals surface area (Å²) in [7, 11) is 1.78.